The van der Waals surface area contributed by atoms with Crippen molar-refractivity contribution in [2.75, 3.05) is 5.32 Å². The van der Waals surface area contributed by atoms with Gasteiger partial charge in [0.05, 0.1) is 5.56 Å². The smallest absolute Gasteiger partial charge is 0.336 e. The molecular formula is C17H18FNO2. The van der Waals surface area contributed by atoms with Gasteiger partial charge >= 0.3 is 5.97 Å². The number of anilines is 1. The number of carboxylic acids is 1. The maximum atomic E-state index is 13.2. The van der Waals surface area contributed by atoms with E-state index in [2.05, 4.69) is 5.32 Å². The monoisotopic (exact) mass is 287 g/mol. The van der Waals surface area contributed by atoms with Crippen molar-refractivity contribution in [1.82, 2.24) is 0 Å². The van der Waals surface area contributed by atoms with Gasteiger partial charge in [-0.05, 0) is 55.7 Å². The van der Waals surface area contributed by atoms with Crippen molar-refractivity contribution < 1.29 is 14.3 Å². The highest BCUT2D eigenvalue weighted by Crippen LogP contribution is 2.20. The summed E-state index contributed by atoms with van der Waals surface area (Å²) in [6, 6.07) is 11.7. The molecular weight excluding hydrogens is 269 g/mol. The van der Waals surface area contributed by atoms with Crippen molar-refractivity contribution in [2.24, 2.45) is 0 Å². The highest BCUT2D eigenvalue weighted by atomic mass is 19.1. The Hall–Kier alpha value is -2.36. The summed E-state index contributed by atoms with van der Waals surface area (Å²) in [6.45, 7) is 3.76. The van der Waals surface area contributed by atoms with Crippen LogP contribution in [0.2, 0.25) is 0 Å². The van der Waals surface area contributed by atoms with Gasteiger partial charge in [0.1, 0.15) is 5.82 Å². The summed E-state index contributed by atoms with van der Waals surface area (Å²) in [5.74, 6) is -1.18. The van der Waals surface area contributed by atoms with E-state index in [1.165, 1.54) is 12.1 Å². The van der Waals surface area contributed by atoms with Crippen molar-refractivity contribution in [3.8, 4) is 0 Å². The maximum Gasteiger partial charge on any atom is 0.336 e. The molecule has 1 unspecified atom stereocenters. The van der Waals surface area contributed by atoms with Crippen molar-refractivity contribution in [3.63, 3.8) is 0 Å². The van der Waals surface area contributed by atoms with Crippen molar-refractivity contribution in [2.45, 2.75) is 26.3 Å². The topological polar surface area (TPSA) is 49.3 Å². The first-order valence-electron chi connectivity index (χ1n) is 6.81. The fraction of sp³-hybridized carbons (Fsp3) is 0.235. The molecule has 21 heavy (non-hydrogen) atoms. The second kappa shape index (κ2) is 6.39. The van der Waals surface area contributed by atoms with Gasteiger partial charge in [-0.3, -0.25) is 0 Å². The van der Waals surface area contributed by atoms with E-state index in [-0.39, 0.29) is 17.4 Å². The fourth-order valence-corrected chi connectivity index (χ4v) is 2.36. The lowest BCUT2D eigenvalue weighted by Gasteiger charge is -2.18. The molecule has 2 aromatic rings. The molecule has 0 amide bonds. The third-order valence-corrected chi connectivity index (χ3v) is 3.40. The lowest BCUT2D eigenvalue weighted by Crippen LogP contribution is -2.19. The van der Waals surface area contributed by atoms with Crippen LogP contribution in [0.25, 0.3) is 0 Å². The molecule has 0 radical (unpaired) electrons. The molecule has 0 saturated carbocycles. The van der Waals surface area contributed by atoms with Gasteiger partial charge in [0.15, 0.2) is 0 Å². The molecule has 4 heteroatoms. The van der Waals surface area contributed by atoms with Crippen LogP contribution in [0.15, 0.2) is 42.5 Å². The molecule has 0 aromatic heterocycles. The average Bonchev–Trinajstić information content (AvgIpc) is 2.40. The normalized spacial score (nSPS) is 12.0. The number of benzene rings is 2. The number of hydrogen-bond acceptors (Lipinski definition) is 2. The van der Waals surface area contributed by atoms with Gasteiger partial charge in [-0.1, -0.05) is 18.2 Å². The van der Waals surface area contributed by atoms with E-state index in [0.29, 0.717) is 12.0 Å². The van der Waals surface area contributed by atoms with Gasteiger partial charge in [-0.15, -0.1) is 0 Å². The van der Waals surface area contributed by atoms with Crippen LogP contribution in [0.3, 0.4) is 0 Å². The molecule has 0 spiro atoms. The van der Waals surface area contributed by atoms with Crippen LogP contribution in [0, 0.1) is 12.7 Å². The van der Waals surface area contributed by atoms with E-state index in [1.807, 2.05) is 19.1 Å². The molecule has 0 aliphatic carbocycles. The molecule has 2 N–H and O–H groups in total. The Morgan fingerprint density at radius 1 is 1.29 bits per heavy atom. The van der Waals surface area contributed by atoms with Gasteiger partial charge < -0.3 is 10.4 Å². The molecule has 2 aromatic carbocycles. The number of carboxylic acid groups (broad SMARTS) is 1. The minimum atomic E-state index is -0.936. The number of aromatic carboxylic acids is 1. The molecule has 0 aliphatic heterocycles. The van der Waals surface area contributed by atoms with E-state index < -0.39 is 5.97 Å². The second-order valence-corrected chi connectivity index (χ2v) is 5.16. The summed E-state index contributed by atoms with van der Waals surface area (Å²) in [7, 11) is 0. The highest BCUT2D eigenvalue weighted by molar-refractivity contribution is 5.91. The summed E-state index contributed by atoms with van der Waals surface area (Å²) in [5.41, 5.74) is 2.69. The lowest BCUT2D eigenvalue weighted by molar-refractivity contribution is 0.0696. The predicted molar refractivity (Wildman–Crippen MR) is 81.3 cm³/mol. The fourth-order valence-electron chi connectivity index (χ4n) is 2.36. The van der Waals surface area contributed by atoms with Crippen LogP contribution in [0.1, 0.15) is 28.4 Å². The van der Waals surface area contributed by atoms with Crippen molar-refractivity contribution in [1.29, 1.82) is 0 Å². The standard InChI is InChI=1S/C17H18FNO2/c1-11(9-13-5-3-6-14(18)10-13)19-16-8-4-7-15(12(16)2)17(20)21/h3-8,10-11,19H,9H2,1-2H3,(H,20,21). The average molecular weight is 287 g/mol. The van der Waals surface area contributed by atoms with Gasteiger partial charge in [-0.2, -0.15) is 0 Å². The Morgan fingerprint density at radius 3 is 2.67 bits per heavy atom. The van der Waals surface area contributed by atoms with Crippen molar-refractivity contribution in [3.05, 3.63) is 65.0 Å². The summed E-state index contributed by atoms with van der Waals surface area (Å²) >= 11 is 0. The van der Waals surface area contributed by atoms with Crippen LogP contribution in [0.5, 0.6) is 0 Å². The second-order valence-electron chi connectivity index (χ2n) is 5.16. The number of nitrogens with one attached hydrogen (secondary N) is 1. The van der Waals surface area contributed by atoms with Crippen molar-refractivity contribution >= 4 is 11.7 Å². The zero-order valence-corrected chi connectivity index (χ0v) is 12.1. The van der Waals surface area contributed by atoms with E-state index >= 15 is 0 Å². The number of rotatable bonds is 5. The van der Waals surface area contributed by atoms with Gasteiger partial charge in [0.25, 0.3) is 0 Å². The first-order chi connectivity index (χ1) is 9.97. The summed E-state index contributed by atoms with van der Waals surface area (Å²) < 4.78 is 13.2. The Morgan fingerprint density at radius 2 is 2.00 bits per heavy atom. The van der Waals surface area contributed by atoms with Gasteiger partial charge in [0.2, 0.25) is 0 Å². The summed E-state index contributed by atoms with van der Waals surface area (Å²) in [5, 5.41) is 12.4. The maximum absolute atomic E-state index is 13.2. The Balaban J connectivity index is 2.11. The molecule has 3 nitrogen and oxygen atoms in total. The first-order valence-corrected chi connectivity index (χ1v) is 6.81. The minimum Gasteiger partial charge on any atom is -0.478 e. The van der Waals surface area contributed by atoms with Crippen LogP contribution in [-0.4, -0.2) is 17.1 Å². The van der Waals surface area contributed by atoms with Crippen LogP contribution in [0.4, 0.5) is 10.1 Å². The minimum absolute atomic E-state index is 0.0644. The third kappa shape index (κ3) is 3.81. The predicted octanol–water partition coefficient (Wildman–Crippen LogP) is 3.88. The molecule has 0 aliphatic rings. The van der Waals surface area contributed by atoms with E-state index in [4.69, 9.17) is 5.11 Å². The largest absolute Gasteiger partial charge is 0.478 e. The van der Waals surface area contributed by atoms with E-state index in [0.717, 1.165) is 11.3 Å². The number of hydrogen-bond donors (Lipinski definition) is 2. The molecule has 0 saturated heterocycles. The van der Waals surface area contributed by atoms with Crippen LogP contribution in [-0.2, 0) is 6.42 Å². The molecule has 2 rings (SSSR count). The zero-order chi connectivity index (χ0) is 15.4. The summed E-state index contributed by atoms with van der Waals surface area (Å²) in [4.78, 5) is 11.1. The highest BCUT2D eigenvalue weighted by Gasteiger charge is 2.12. The molecule has 0 fully saturated rings. The Labute approximate surface area is 123 Å². The zero-order valence-electron chi connectivity index (χ0n) is 12.1. The number of carbonyl (C=O) groups is 1. The molecule has 110 valence electrons. The quantitative estimate of drug-likeness (QED) is 0.877. The van der Waals surface area contributed by atoms with Crippen LogP contribution < -0.4 is 5.32 Å². The van der Waals surface area contributed by atoms with Crippen LogP contribution >= 0.6 is 0 Å². The first kappa shape index (κ1) is 15.0. The molecule has 1 atom stereocenters. The Bertz CT molecular complexity index is 655. The SMILES string of the molecule is Cc1c(NC(C)Cc2cccc(F)c2)cccc1C(=O)O. The van der Waals surface area contributed by atoms with E-state index in [9.17, 15) is 9.18 Å². The summed E-state index contributed by atoms with van der Waals surface area (Å²) in [6.07, 6.45) is 0.661. The lowest BCUT2D eigenvalue weighted by atomic mass is 10.0. The number of halogens is 1. The molecule has 0 heterocycles. The van der Waals surface area contributed by atoms with Gasteiger partial charge in [0, 0.05) is 11.7 Å². The third-order valence-electron chi connectivity index (χ3n) is 3.40. The van der Waals surface area contributed by atoms with Gasteiger partial charge in [-0.25, -0.2) is 9.18 Å². The Kier molecular flexibility index (Phi) is 4.58. The van der Waals surface area contributed by atoms with E-state index in [1.54, 1.807) is 25.1 Å². The molecule has 0 bridgehead atoms.